The van der Waals surface area contributed by atoms with Crippen LogP contribution in [0.5, 0.6) is 0 Å². The lowest BCUT2D eigenvalue weighted by molar-refractivity contribution is 0.628. The third-order valence-electron chi connectivity index (χ3n) is 4.36. The Kier molecular flexibility index (Phi) is 3.08. The number of aromatic nitrogens is 6. The maximum Gasteiger partial charge on any atom is 0.175 e. The zero-order valence-electron chi connectivity index (χ0n) is 13.8. The number of fused-ring (bicyclic) bond motifs is 3. The van der Waals surface area contributed by atoms with E-state index in [0.717, 1.165) is 16.6 Å². The maximum absolute atomic E-state index is 13.2. The van der Waals surface area contributed by atoms with Crippen molar-refractivity contribution in [2.24, 2.45) is 0 Å². The van der Waals surface area contributed by atoms with Crippen molar-refractivity contribution in [2.75, 3.05) is 0 Å². The average molecular weight is 344 g/mol. The molecule has 0 unspecified atom stereocenters. The highest BCUT2D eigenvalue weighted by atomic mass is 19.1. The molecule has 3 heterocycles. The minimum absolute atomic E-state index is 0.289. The summed E-state index contributed by atoms with van der Waals surface area (Å²) < 4.78 is 16.7. The Morgan fingerprint density at radius 1 is 0.885 bits per heavy atom. The van der Waals surface area contributed by atoms with Crippen molar-refractivity contribution in [1.29, 1.82) is 0 Å². The van der Waals surface area contributed by atoms with Crippen LogP contribution in [0.1, 0.15) is 5.56 Å². The highest BCUT2D eigenvalue weighted by Crippen LogP contribution is 2.24. The Bertz CT molecular complexity index is 1140. The van der Waals surface area contributed by atoms with Crippen LogP contribution in [0.4, 0.5) is 4.39 Å². The first kappa shape index (κ1) is 14.7. The summed E-state index contributed by atoms with van der Waals surface area (Å²) in [4.78, 5) is 4.55. The predicted molar refractivity (Wildman–Crippen MR) is 95.5 cm³/mol. The van der Waals surface area contributed by atoms with E-state index in [0.29, 0.717) is 17.1 Å². The van der Waals surface area contributed by atoms with Gasteiger partial charge < -0.3 is 0 Å². The zero-order chi connectivity index (χ0) is 17.7. The molecule has 0 bridgehead atoms. The number of nitrogens with zero attached hydrogens (tertiary/aromatic N) is 6. The van der Waals surface area contributed by atoms with Crippen LogP contribution in [0, 0.1) is 12.7 Å². The Morgan fingerprint density at radius 2 is 1.65 bits per heavy atom. The summed E-state index contributed by atoms with van der Waals surface area (Å²) >= 11 is 0. The number of hydrogen-bond donors (Lipinski definition) is 0. The molecule has 0 saturated carbocycles. The van der Waals surface area contributed by atoms with Crippen LogP contribution in [0.25, 0.3) is 33.8 Å². The fraction of sp³-hybridized carbons (Fsp3) is 0.0526. The van der Waals surface area contributed by atoms with E-state index in [4.69, 9.17) is 0 Å². The van der Waals surface area contributed by atoms with Crippen LogP contribution in [0.2, 0.25) is 0 Å². The van der Waals surface area contributed by atoms with Gasteiger partial charge in [-0.3, -0.25) is 4.40 Å². The first-order chi connectivity index (χ1) is 12.7. The number of benzene rings is 2. The van der Waals surface area contributed by atoms with Gasteiger partial charge in [-0.2, -0.15) is 5.10 Å². The predicted octanol–water partition coefficient (Wildman–Crippen LogP) is 3.58. The molecule has 2 aromatic carbocycles. The van der Waals surface area contributed by atoms with E-state index in [9.17, 15) is 4.39 Å². The lowest BCUT2D eigenvalue weighted by Gasteiger charge is -2.04. The first-order valence-electron chi connectivity index (χ1n) is 8.11. The molecule has 3 aromatic heterocycles. The maximum atomic E-state index is 13.2. The molecule has 0 aliphatic carbocycles. The molecule has 0 saturated heterocycles. The Hall–Kier alpha value is -3.61. The van der Waals surface area contributed by atoms with E-state index in [1.54, 1.807) is 33.7 Å². The van der Waals surface area contributed by atoms with E-state index in [1.165, 1.54) is 17.7 Å². The summed E-state index contributed by atoms with van der Waals surface area (Å²) in [5.41, 5.74) is 4.25. The molecule has 5 aromatic rings. The monoisotopic (exact) mass is 344 g/mol. The highest BCUT2D eigenvalue weighted by Gasteiger charge is 2.15. The second kappa shape index (κ2) is 5.45. The quantitative estimate of drug-likeness (QED) is 0.491. The third-order valence-corrected chi connectivity index (χ3v) is 4.36. The van der Waals surface area contributed by atoms with Gasteiger partial charge in [0.2, 0.25) is 0 Å². The first-order valence-corrected chi connectivity index (χ1v) is 8.11. The van der Waals surface area contributed by atoms with Crippen LogP contribution >= 0.6 is 0 Å². The average Bonchev–Trinajstić information content (AvgIpc) is 3.27. The van der Waals surface area contributed by atoms with Crippen LogP contribution in [0.3, 0.4) is 0 Å². The molecule has 0 radical (unpaired) electrons. The Morgan fingerprint density at radius 3 is 2.42 bits per heavy atom. The van der Waals surface area contributed by atoms with Crippen molar-refractivity contribution in [3.8, 4) is 17.1 Å². The summed E-state index contributed by atoms with van der Waals surface area (Å²) in [5.74, 6) is 0.319. The summed E-state index contributed by atoms with van der Waals surface area (Å²) in [7, 11) is 0. The summed E-state index contributed by atoms with van der Waals surface area (Å²) in [6.07, 6.45) is 3.41. The van der Waals surface area contributed by atoms with Gasteiger partial charge in [-0.15, -0.1) is 10.2 Å². The SMILES string of the molecule is Cc1ccc(-n2ncc3c2ncn2c(-c4ccc(F)cc4)nnc32)cc1. The Balaban J connectivity index is 1.70. The van der Waals surface area contributed by atoms with Crippen molar-refractivity contribution >= 4 is 16.7 Å². The molecule has 6 nitrogen and oxygen atoms in total. The van der Waals surface area contributed by atoms with E-state index >= 15 is 0 Å². The number of aryl methyl sites for hydroxylation is 1. The molecule has 0 fully saturated rings. The lowest BCUT2D eigenvalue weighted by Crippen LogP contribution is -1.99. The minimum atomic E-state index is -0.289. The molecule has 126 valence electrons. The van der Waals surface area contributed by atoms with Gasteiger partial charge in [0.25, 0.3) is 0 Å². The molecule has 0 atom stereocenters. The molecule has 0 spiro atoms. The molecule has 7 heteroatoms. The zero-order valence-corrected chi connectivity index (χ0v) is 13.8. The van der Waals surface area contributed by atoms with Crippen LogP contribution in [-0.4, -0.2) is 29.4 Å². The van der Waals surface area contributed by atoms with Crippen molar-refractivity contribution < 1.29 is 4.39 Å². The van der Waals surface area contributed by atoms with Gasteiger partial charge in [0, 0.05) is 5.56 Å². The van der Waals surface area contributed by atoms with Gasteiger partial charge >= 0.3 is 0 Å². The third kappa shape index (κ3) is 2.17. The second-order valence-electron chi connectivity index (χ2n) is 6.10. The molecule has 0 amide bonds. The van der Waals surface area contributed by atoms with Crippen LogP contribution in [0.15, 0.2) is 61.1 Å². The van der Waals surface area contributed by atoms with Crippen molar-refractivity contribution in [3.05, 3.63) is 72.4 Å². The number of hydrogen-bond acceptors (Lipinski definition) is 4. The fourth-order valence-corrected chi connectivity index (χ4v) is 2.99. The molecule has 0 N–H and O–H groups in total. The molecule has 0 aliphatic rings. The van der Waals surface area contributed by atoms with Crippen LogP contribution < -0.4 is 0 Å². The molecule has 26 heavy (non-hydrogen) atoms. The van der Waals surface area contributed by atoms with E-state index in [-0.39, 0.29) is 5.82 Å². The molecule has 5 rings (SSSR count). The smallest absolute Gasteiger partial charge is 0.175 e. The summed E-state index contributed by atoms with van der Waals surface area (Å²) in [6, 6.07) is 14.2. The summed E-state index contributed by atoms with van der Waals surface area (Å²) in [6.45, 7) is 2.04. The fourth-order valence-electron chi connectivity index (χ4n) is 2.99. The normalized spacial score (nSPS) is 11.5. The second-order valence-corrected chi connectivity index (χ2v) is 6.10. The minimum Gasteiger partial charge on any atom is -0.265 e. The Labute approximate surface area is 147 Å². The lowest BCUT2D eigenvalue weighted by atomic mass is 10.2. The molecular formula is C19H13FN6. The van der Waals surface area contributed by atoms with Crippen molar-refractivity contribution in [2.45, 2.75) is 6.92 Å². The van der Waals surface area contributed by atoms with Crippen molar-refractivity contribution in [3.63, 3.8) is 0 Å². The highest BCUT2D eigenvalue weighted by molar-refractivity contribution is 5.90. The summed E-state index contributed by atoms with van der Waals surface area (Å²) in [5, 5.41) is 13.8. The van der Waals surface area contributed by atoms with E-state index < -0.39 is 0 Å². The van der Waals surface area contributed by atoms with Crippen LogP contribution in [-0.2, 0) is 0 Å². The molecule has 0 aliphatic heterocycles. The van der Waals surface area contributed by atoms with Gasteiger partial charge in [0.1, 0.15) is 12.1 Å². The topological polar surface area (TPSA) is 60.9 Å². The van der Waals surface area contributed by atoms with E-state index in [1.807, 2.05) is 31.2 Å². The van der Waals surface area contributed by atoms with Gasteiger partial charge in [-0.25, -0.2) is 14.1 Å². The van der Waals surface area contributed by atoms with Crippen molar-refractivity contribution in [1.82, 2.24) is 29.4 Å². The largest absolute Gasteiger partial charge is 0.265 e. The van der Waals surface area contributed by atoms with Gasteiger partial charge in [-0.05, 0) is 43.3 Å². The number of halogens is 1. The molecular weight excluding hydrogens is 331 g/mol. The van der Waals surface area contributed by atoms with Gasteiger partial charge in [0.05, 0.1) is 17.3 Å². The van der Waals surface area contributed by atoms with Gasteiger partial charge in [0.15, 0.2) is 17.1 Å². The number of rotatable bonds is 2. The van der Waals surface area contributed by atoms with Gasteiger partial charge in [-0.1, -0.05) is 17.7 Å². The van der Waals surface area contributed by atoms with E-state index in [2.05, 4.69) is 20.3 Å². The standard InChI is InChI=1S/C19H13FN6/c1-12-2-8-15(9-3-12)26-18-16(10-22-26)19-24-23-17(25(19)11-21-18)13-4-6-14(20)7-5-13/h2-11H,1H3.